The first kappa shape index (κ1) is 28.5. The van der Waals surface area contributed by atoms with Gasteiger partial charge in [0.15, 0.2) is 0 Å². The fourth-order valence-electron chi connectivity index (χ4n) is 7.37. The molecule has 4 unspecified atom stereocenters. The smallest absolute Gasteiger partial charge is 0.254 e. The summed E-state index contributed by atoms with van der Waals surface area (Å²) in [5, 5.41) is 4.34. The van der Waals surface area contributed by atoms with Gasteiger partial charge in [-0.05, 0) is 73.2 Å². The highest BCUT2D eigenvalue weighted by Gasteiger charge is 2.64. The minimum absolute atomic E-state index is 0.0641. The number of carbonyl (C=O) groups is 2. The van der Waals surface area contributed by atoms with Crippen LogP contribution in [0.4, 0.5) is 0 Å². The topological polar surface area (TPSA) is 84.7 Å². The van der Waals surface area contributed by atoms with Gasteiger partial charge in [0.25, 0.3) is 5.91 Å². The molecule has 3 aromatic rings. The predicted molar refractivity (Wildman–Crippen MR) is 159 cm³/mol. The highest BCUT2D eigenvalue weighted by molar-refractivity contribution is 6.42. The summed E-state index contributed by atoms with van der Waals surface area (Å²) in [6.45, 7) is 4.03. The summed E-state index contributed by atoms with van der Waals surface area (Å²) < 4.78 is 5.44. The zero-order chi connectivity index (χ0) is 28.5. The van der Waals surface area contributed by atoms with E-state index < -0.39 is 22.8 Å². The molecule has 0 aliphatic carbocycles. The Hall–Kier alpha value is -3.06. The van der Waals surface area contributed by atoms with E-state index in [-0.39, 0.29) is 11.8 Å². The molecule has 0 spiro atoms. The van der Waals surface area contributed by atoms with Crippen LogP contribution in [0.15, 0.2) is 72.8 Å². The third kappa shape index (κ3) is 4.56. The Morgan fingerprint density at radius 1 is 1.05 bits per heavy atom. The fraction of sp³-hybridized carbons (Fsp3) is 0.375. The number of methoxy groups -OCH3 is 1. The summed E-state index contributed by atoms with van der Waals surface area (Å²) in [7, 11) is 1.59. The molecule has 40 heavy (non-hydrogen) atoms. The van der Waals surface area contributed by atoms with Crippen LogP contribution in [0.2, 0.25) is 10.0 Å². The molecular formula is C32H35Cl2N3O3. The largest absolute Gasteiger partial charge is 0.497 e. The van der Waals surface area contributed by atoms with E-state index in [2.05, 4.69) is 12.2 Å². The van der Waals surface area contributed by atoms with Crippen molar-refractivity contribution in [1.29, 1.82) is 0 Å². The molecule has 0 aromatic heterocycles. The van der Waals surface area contributed by atoms with Crippen LogP contribution in [0.3, 0.4) is 0 Å². The molecule has 3 N–H and O–H groups in total. The average Bonchev–Trinajstić information content (AvgIpc) is 3.53. The van der Waals surface area contributed by atoms with Crippen molar-refractivity contribution >= 4 is 35.0 Å². The van der Waals surface area contributed by atoms with E-state index in [1.807, 2.05) is 65.6 Å². The van der Waals surface area contributed by atoms with Crippen molar-refractivity contribution in [3.63, 3.8) is 0 Å². The number of piperidine rings is 1. The van der Waals surface area contributed by atoms with E-state index in [4.69, 9.17) is 33.7 Å². The molecular weight excluding hydrogens is 545 g/mol. The van der Waals surface area contributed by atoms with Gasteiger partial charge in [0.1, 0.15) is 5.75 Å². The number of halogens is 2. The van der Waals surface area contributed by atoms with Crippen LogP contribution in [0.1, 0.15) is 53.6 Å². The lowest BCUT2D eigenvalue weighted by Gasteiger charge is -2.61. The molecule has 2 amide bonds. The normalized spacial score (nSPS) is 26.4. The highest BCUT2D eigenvalue weighted by atomic mass is 35.5. The SMILES string of the molecule is CCC1(C2CCNC2)C(c2ccc(Cl)c(Cl)c2)C(C(N)=O)(c2ccccc2)CCN1C(=O)c1cccc(OC)c1. The maximum absolute atomic E-state index is 14.5. The number of rotatable bonds is 7. The van der Waals surface area contributed by atoms with Crippen LogP contribution in [-0.4, -0.2) is 49.0 Å². The number of nitrogens with zero attached hydrogens (tertiary/aromatic N) is 1. The van der Waals surface area contributed by atoms with Crippen molar-refractivity contribution < 1.29 is 14.3 Å². The Morgan fingerprint density at radius 3 is 2.45 bits per heavy atom. The van der Waals surface area contributed by atoms with Crippen LogP contribution in [0.5, 0.6) is 5.75 Å². The molecule has 5 rings (SSSR count). The van der Waals surface area contributed by atoms with Gasteiger partial charge in [0.2, 0.25) is 5.91 Å². The number of nitrogens with one attached hydrogen (secondary N) is 1. The quantitative estimate of drug-likeness (QED) is 0.369. The molecule has 4 atom stereocenters. The van der Waals surface area contributed by atoms with E-state index in [0.717, 1.165) is 30.6 Å². The first-order chi connectivity index (χ1) is 19.3. The standard InChI is InChI=1S/C32H35Cl2N3O3/c1-3-32(24-14-16-36-20-24)28(21-12-13-26(33)27(34)19-21)31(30(35)39,23-9-5-4-6-10-23)15-17-37(32)29(38)22-8-7-11-25(18-22)40-2/h4-13,18-19,24,28,36H,3,14-17,20H2,1-2H3,(H2,35,39). The fourth-order valence-corrected chi connectivity index (χ4v) is 7.67. The monoisotopic (exact) mass is 579 g/mol. The minimum Gasteiger partial charge on any atom is -0.497 e. The summed E-state index contributed by atoms with van der Waals surface area (Å²) in [5.41, 5.74) is 6.83. The van der Waals surface area contributed by atoms with E-state index in [1.54, 1.807) is 19.2 Å². The first-order valence-corrected chi connectivity index (χ1v) is 14.5. The van der Waals surface area contributed by atoms with Gasteiger partial charge in [-0.3, -0.25) is 9.59 Å². The molecule has 6 nitrogen and oxygen atoms in total. The van der Waals surface area contributed by atoms with Crippen molar-refractivity contribution in [2.45, 2.75) is 43.1 Å². The third-order valence-electron chi connectivity index (χ3n) is 9.13. The second kappa shape index (κ2) is 11.4. The van der Waals surface area contributed by atoms with Crippen LogP contribution in [0, 0.1) is 5.92 Å². The van der Waals surface area contributed by atoms with Crippen LogP contribution in [0.25, 0.3) is 0 Å². The minimum atomic E-state index is -1.08. The maximum atomic E-state index is 14.5. The van der Waals surface area contributed by atoms with Crippen LogP contribution in [-0.2, 0) is 10.2 Å². The Labute approximate surface area is 245 Å². The number of amides is 2. The van der Waals surface area contributed by atoms with Gasteiger partial charge in [-0.2, -0.15) is 0 Å². The summed E-state index contributed by atoms with van der Waals surface area (Å²) in [6.07, 6.45) is 1.84. The molecule has 2 fully saturated rings. The second-order valence-corrected chi connectivity index (χ2v) is 11.6. The molecule has 2 saturated heterocycles. The van der Waals surface area contributed by atoms with Crippen molar-refractivity contribution in [2.24, 2.45) is 11.7 Å². The van der Waals surface area contributed by atoms with Crippen LogP contribution < -0.4 is 15.8 Å². The Kier molecular flexibility index (Phi) is 8.14. The molecule has 210 valence electrons. The van der Waals surface area contributed by atoms with Gasteiger partial charge in [-0.1, -0.05) is 72.6 Å². The molecule has 8 heteroatoms. The molecule has 0 saturated carbocycles. The van der Waals surface area contributed by atoms with E-state index in [9.17, 15) is 9.59 Å². The maximum Gasteiger partial charge on any atom is 0.254 e. The number of carbonyl (C=O) groups excluding carboxylic acids is 2. The lowest BCUT2D eigenvalue weighted by atomic mass is 9.51. The van der Waals surface area contributed by atoms with Gasteiger partial charge < -0.3 is 20.7 Å². The van der Waals surface area contributed by atoms with Crippen molar-refractivity contribution in [1.82, 2.24) is 10.2 Å². The van der Waals surface area contributed by atoms with Gasteiger partial charge in [-0.15, -0.1) is 0 Å². The average molecular weight is 581 g/mol. The zero-order valence-corrected chi connectivity index (χ0v) is 24.3. The molecule has 0 radical (unpaired) electrons. The Morgan fingerprint density at radius 2 is 1.82 bits per heavy atom. The highest BCUT2D eigenvalue weighted by Crippen LogP contribution is 2.58. The number of likely N-dealkylation sites (tertiary alicyclic amines) is 1. The molecule has 0 bridgehead atoms. The van der Waals surface area contributed by atoms with Crippen molar-refractivity contribution in [3.8, 4) is 5.75 Å². The summed E-state index contributed by atoms with van der Waals surface area (Å²) in [6, 6.07) is 22.6. The third-order valence-corrected chi connectivity index (χ3v) is 9.87. The lowest BCUT2D eigenvalue weighted by Crippen LogP contribution is -2.70. The molecule has 2 aliphatic heterocycles. The number of nitrogens with two attached hydrogens (primary N) is 1. The predicted octanol–water partition coefficient (Wildman–Crippen LogP) is 5.81. The second-order valence-electron chi connectivity index (χ2n) is 10.8. The van der Waals surface area contributed by atoms with Crippen molar-refractivity contribution in [2.75, 3.05) is 26.7 Å². The summed E-state index contributed by atoms with van der Waals surface area (Å²) in [5.74, 6) is -0.303. The van der Waals surface area contributed by atoms with E-state index in [1.165, 1.54) is 0 Å². The molecule has 2 heterocycles. The van der Waals surface area contributed by atoms with Crippen LogP contribution >= 0.6 is 23.2 Å². The first-order valence-electron chi connectivity index (χ1n) is 13.8. The lowest BCUT2D eigenvalue weighted by molar-refractivity contribution is -0.131. The van der Waals surface area contributed by atoms with Crippen molar-refractivity contribution in [3.05, 3.63) is 99.5 Å². The summed E-state index contributed by atoms with van der Waals surface area (Å²) in [4.78, 5) is 30.4. The van der Waals surface area contributed by atoms with Gasteiger partial charge >= 0.3 is 0 Å². The van der Waals surface area contributed by atoms with E-state index >= 15 is 0 Å². The van der Waals surface area contributed by atoms with Gasteiger partial charge in [-0.25, -0.2) is 0 Å². The van der Waals surface area contributed by atoms with E-state index in [0.29, 0.717) is 40.7 Å². The molecule has 2 aliphatic rings. The summed E-state index contributed by atoms with van der Waals surface area (Å²) >= 11 is 13.0. The van der Waals surface area contributed by atoms with Gasteiger partial charge in [0.05, 0.1) is 28.1 Å². The Bertz CT molecular complexity index is 1400. The zero-order valence-electron chi connectivity index (χ0n) is 22.8. The number of benzene rings is 3. The number of primary amides is 1. The Balaban J connectivity index is 1.81. The molecule has 3 aromatic carbocycles. The number of ether oxygens (including phenoxy) is 1. The number of hydrogen-bond donors (Lipinski definition) is 2. The van der Waals surface area contributed by atoms with Gasteiger partial charge in [0, 0.05) is 24.6 Å². The number of hydrogen-bond acceptors (Lipinski definition) is 4.